The van der Waals surface area contributed by atoms with Crippen molar-refractivity contribution < 1.29 is 24.5 Å². The quantitative estimate of drug-likeness (QED) is 0.305. The van der Waals surface area contributed by atoms with Crippen LogP contribution in [0.2, 0.25) is 0 Å². The number of ether oxygens (including phenoxy) is 1. The standard InChI is InChI=1S/C29H29N5O5/c1-19(32-28(37)26(35)27(36)29(38)33-16-22-9-5-12-30-23(22)17-33)21-10-11-24(34-14-6-13-31-34)25(15-21)39-18-20-7-3-2-4-8-20/h2-15,19,26-27,35-36H,16-18H2,1H3,(H,32,37)/t19-,26-,27-/m1/s1. The Kier molecular flexibility index (Phi) is 7.67. The predicted molar refractivity (Wildman–Crippen MR) is 141 cm³/mol. The number of hydrogen-bond acceptors (Lipinski definition) is 7. The maximum atomic E-state index is 12.8. The second-order valence-electron chi connectivity index (χ2n) is 9.38. The number of amides is 2. The highest BCUT2D eigenvalue weighted by Gasteiger charge is 2.36. The van der Waals surface area contributed by atoms with Crippen LogP contribution < -0.4 is 10.1 Å². The van der Waals surface area contributed by atoms with Gasteiger partial charge in [0.05, 0.1) is 18.3 Å². The zero-order valence-electron chi connectivity index (χ0n) is 21.3. The second kappa shape index (κ2) is 11.5. The Hall–Kier alpha value is -4.54. The summed E-state index contributed by atoms with van der Waals surface area (Å²) >= 11 is 0. The molecule has 0 bridgehead atoms. The highest BCUT2D eigenvalue weighted by Crippen LogP contribution is 2.28. The van der Waals surface area contributed by atoms with Crippen molar-refractivity contribution >= 4 is 11.8 Å². The molecule has 2 amide bonds. The first-order chi connectivity index (χ1) is 18.9. The minimum Gasteiger partial charge on any atom is -0.487 e. The molecule has 3 N–H and O–H groups in total. The van der Waals surface area contributed by atoms with Crippen LogP contribution in [-0.4, -0.2) is 53.9 Å². The van der Waals surface area contributed by atoms with E-state index in [0.717, 1.165) is 22.5 Å². The lowest BCUT2D eigenvalue weighted by Crippen LogP contribution is -2.50. The number of hydrogen-bond donors (Lipinski definition) is 3. The molecule has 0 spiro atoms. The third-order valence-corrected chi connectivity index (χ3v) is 6.65. The molecular formula is C29H29N5O5. The lowest BCUT2D eigenvalue weighted by Gasteiger charge is -2.24. The van der Waals surface area contributed by atoms with E-state index >= 15 is 0 Å². The second-order valence-corrected chi connectivity index (χ2v) is 9.38. The topological polar surface area (TPSA) is 130 Å². The molecule has 1 aliphatic rings. The molecule has 0 radical (unpaired) electrons. The van der Waals surface area contributed by atoms with Gasteiger partial charge in [0.25, 0.3) is 11.8 Å². The number of aliphatic hydroxyl groups is 2. The average molecular weight is 528 g/mol. The van der Waals surface area contributed by atoms with Gasteiger partial charge in [-0.15, -0.1) is 0 Å². The van der Waals surface area contributed by atoms with Crippen LogP contribution in [0.25, 0.3) is 5.69 Å². The van der Waals surface area contributed by atoms with Crippen LogP contribution in [0.1, 0.15) is 35.3 Å². The van der Waals surface area contributed by atoms with E-state index in [9.17, 15) is 19.8 Å². The molecule has 10 nitrogen and oxygen atoms in total. The van der Waals surface area contributed by atoms with Crippen LogP contribution in [0.5, 0.6) is 5.75 Å². The maximum Gasteiger partial charge on any atom is 0.255 e. The molecule has 4 aromatic rings. The molecule has 1 aliphatic heterocycles. The summed E-state index contributed by atoms with van der Waals surface area (Å²) in [6, 6.07) is 20.1. The molecule has 0 fully saturated rings. The van der Waals surface area contributed by atoms with Gasteiger partial charge in [0.1, 0.15) is 18.0 Å². The van der Waals surface area contributed by atoms with Crippen molar-refractivity contribution in [2.75, 3.05) is 0 Å². The Morgan fingerprint density at radius 2 is 1.82 bits per heavy atom. The summed E-state index contributed by atoms with van der Waals surface area (Å²) in [5.41, 5.74) is 4.02. The minimum absolute atomic E-state index is 0.213. The first-order valence-electron chi connectivity index (χ1n) is 12.6. The fourth-order valence-corrected chi connectivity index (χ4v) is 4.45. The monoisotopic (exact) mass is 527 g/mol. The van der Waals surface area contributed by atoms with Gasteiger partial charge in [-0.1, -0.05) is 42.5 Å². The summed E-state index contributed by atoms with van der Waals surface area (Å²) in [5.74, 6) is -1.04. The summed E-state index contributed by atoms with van der Waals surface area (Å²) in [6.45, 7) is 2.55. The minimum atomic E-state index is -1.94. The van der Waals surface area contributed by atoms with Crippen LogP contribution in [0, 0.1) is 0 Å². The number of pyridine rings is 1. The van der Waals surface area contributed by atoms with Crippen LogP contribution in [0.3, 0.4) is 0 Å². The number of carbonyl (C=O) groups is 2. The molecule has 0 aliphatic carbocycles. The van der Waals surface area contributed by atoms with Gasteiger partial charge in [-0.05, 0) is 47.9 Å². The van der Waals surface area contributed by atoms with E-state index < -0.39 is 30.1 Å². The fourth-order valence-electron chi connectivity index (χ4n) is 4.45. The van der Waals surface area contributed by atoms with Crippen molar-refractivity contribution in [3.8, 4) is 11.4 Å². The largest absolute Gasteiger partial charge is 0.487 e. The van der Waals surface area contributed by atoms with Gasteiger partial charge in [0.15, 0.2) is 12.2 Å². The predicted octanol–water partition coefficient (Wildman–Crippen LogP) is 2.29. The smallest absolute Gasteiger partial charge is 0.255 e. The number of carbonyl (C=O) groups excluding carboxylic acids is 2. The molecule has 0 unspecified atom stereocenters. The fraction of sp³-hybridized carbons (Fsp3) is 0.241. The molecule has 5 rings (SSSR count). The third-order valence-electron chi connectivity index (χ3n) is 6.65. The number of aliphatic hydroxyl groups excluding tert-OH is 2. The molecule has 200 valence electrons. The van der Waals surface area contributed by atoms with Crippen molar-refractivity contribution in [3.05, 3.63) is 108 Å². The number of aromatic nitrogens is 3. The first kappa shape index (κ1) is 26.1. The van der Waals surface area contributed by atoms with E-state index in [1.165, 1.54) is 4.90 Å². The first-order valence-corrected chi connectivity index (χ1v) is 12.6. The van der Waals surface area contributed by atoms with E-state index in [1.54, 1.807) is 42.3 Å². The lowest BCUT2D eigenvalue weighted by atomic mass is 10.1. The molecule has 10 heteroatoms. The highest BCUT2D eigenvalue weighted by atomic mass is 16.5. The van der Waals surface area contributed by atoms with Gasteiger partial charge in [-0.25, -0.2) is 4.68 Å². The van der Waals surface area contributed by atoms with Gasteiger partial charge >= 0.3 is 0 Å². The average Bonchev–Trinajstić information content (AvgIpc) is 3.66. The maximum absolute atomic E-state index is 12.8. The molecule has 2 aromatic heterocycles. The number of fused-ring (bicyclic) bond motifs is 1. The van der Waals surface area contributed by atoms with E-state index in [4.69, 9.17) is 4.74 Å². The third kappa shape index (κ3) is 5.82. The number of benzene rings is 2. The zero-order chi connectivity index (χ0) is 27.4. The van der Waals surface area contributed by atoms with Gasteiger partial charge in [0, 0.05) is 25.1 Å². The van der Waals surface area contributed by atoms with Crippen LogP contribution in [-0.2, 0) is 29.3 Å². The lowest BCUT2D eigenvalue weighted by molar-refractivity contribution is -0.153. The van der Waals surface area contributed by atoms with Crippen molar-refractivity contribution in [1.82, 2.24) is 25.0 Å². The summed E-state index contributed by atoms with van der Waals surface area (Å²) in [7, 11) is 0. The molecule has 3 atom stereocenters. The van der Waals surface area contributed by atoms with Crippen molar-refractivity contribution in [3.63, 3.8) is 0 Å². The molecule has 39 heavy (non-hydrogen) atoms. The van der Waals surface area contributed by atoms with Gasteiger partial charge in [-0.3, -0.25) is 14.6 Å². The van der Waals surface area contributed by atoms with Gasteiger partial charge < -0.3 is 25.2 Å². The molecule has 0 saturated heterocycles. The number of rotatable bonds is 9. The van der Waals surface area contributed by atoms with Gasteiger partial charge in [-0.2, -0.15) is 5.10 Å². The summed E-state index contributed by atoms with van der Waals surface area (Å²) in [5, 5.41) is 28.0. The van der Waals surface area contributed by atoms with E-state index in [-0.39, 0.29) is 13.1 Å². The summed E-state index contributed by atoms with van der Waals surface area (Å²) in [4.78, 5) is 31.2. The Bertz CT molecular complexity index is 1420. The SMILES string of the molecule is C[C@@H](NC(=O)[C@H](O)[C@@H](O)C(=O)N1Cc2cccnc2C1)c1ccc(-n2cccn2)c(OCc2ccccc2)c1. The summed E-state index contributed by atoms with van der Waals surface area (Å²) < 4.78 is 7.81. The van der Waals surface area contributed by atoms with Crippen LogP contribution in [0.4, 0.5) is 0 Å². The number of nitrogens with zero attached hydrogens (tertiary/aromatic N) is 4. The van der Waals surface area contributed by atoms with E-state index in [2.05, 4.69) is 15.4 Å². The van der Waals surface area contributed by atoms with Gasteiger partial charge in [0.2, 0.25) is 0 Å². The van der Waals surface area contributed by atoms with Crippen molar-refractivity contribution in [1.29, 1.82) is 0 Å². The number of nitrogens with one attached hydrogen (secondary N) is 1. The Morgan fingerprint density at radius 3 is 2.56 bits per heavy atom. The molecule has 3 heterocycles. The Balaban J connectivity index is 1.26. The zero-order valence-corrected chi connectivity index (χ0v) is 21.3. The van der Waals surface area contributed by atoms with Crippen molar-refractivity contribution in [2.45, 2.75) is 44.9 Å². The normalized spacial score (nSPS) is 14.8. The van der Waals surface area contributed by atoms with Crippen LogP contribution >= 0.6 is 0 Å². The Morgan fingerprint density at radius 1 is 1.00 bits per heavy atom. The molecule has 2 aromatic carbocycles. The Labute approximate surface area is 225 Å². The summed E-state index contributed by atoms with van der Waals surface area (Å²) in [6.07, 6.45) is 1.27. The van der Waals surface area contributed by atoms with Crippen LogP contribution in [0.15, 0.2) is 85.3 Å². The molecule has 0 saturated carbocycles. The molecular weight excluding hydrogens is 498 g/mol. The van der Waals surface area contributed by atoms with E-state index in [1.807, 2.05) is 54.6 Å². The van der Waals surface area contributed by atoms with Crippen molar-refractivity contribution in [2.24, 2.45) is 0 Å². The van der Waals surface area contributed by atoms with E-state index in [0.29, 0.717) is 17.9 Å². The highest BCUT2D eigenvalue weighted by molar-refractivity contribution is 5.91.